The second-order valence-electron chi connectivity index (χ2n) is 5.58. The molecule has 1 amide bonds. The van der Waals surface area contributed by atoms with Gasteiger partial charge in [-0.25, -0.2) is 4.79 Å². The van der Waals surface area contributed by atoms with E-state index in [2.05, 4.69) is 5.32 Å². The number of benzene rings is 2. The third-order valence-corrected chi connectivity index (χ3v) is 4.00. The fraction of sp³-hybridized carbons (Fsp3) is 0.222. The number of nitrogens with one attached hydrogen (secondary N) is 1. The van der Waals surface area contributed by atoms with Crippen molar-refractivity contribution >= 4 is 11.9 Å². The van der Waals surface area contributed by atoms with Crippen molar-refractivity contribution in [3.63, 3.8) is 0 Å². The molecule has 2 aromatic rings. The van der Waals surface area contributed by atoms with Crippen molar-refractivity contribution in [3.05, 3.63) is 71.3 Å². The first-order valence-electron chi connectivity index (χ1n) is 7.30. The van der Waals surface area contributed by atoms with Gasteiger partial charge in [0.25, 0.3) is 0 Å². The first-order valence-corrected chi connectivity index (χ1v) is 7.30. The van der Waals surface area contributed by atoms with Crippen LogP contribution in [0.5, 0.6) is 0 Å². The Bertz CT molecular complexity index is 696. The number of aromatic carboxylic acids is 1. The van der Waals surface area contributed by atoms with Gasteiger partial charge in [0.05, 0.1) is 5.56 Å². The van der Waals surface area contributed by atoms with E-state index in [-0.39, 0.29) is 17.4 Å². The van der Waals surface area contributed by atoms with Crippen LogP contribution in [0.25, 0.3) is 0 Å². The molecule has 1 saturated carbocycles. The molecule has 1 aliphatic rings. The van der Waals surface area contributed by atoms with Gasteiger partial charge in [-0.1, -0.05) is 42.5 Å². The van der Waals surface area contributed by atoms with Gasteiger partial charge in [0.1, 0.15) is 0 Å². The first-order chi connectivity index (χ1) is 10.6. The standard InChI is InChI=1S/C18H17NO3/c20-17(16-10-15(16)13-6-2-1-3-7-13)19-11-12-5-4-8-14(9-12)18(21)22/h1-9,15-16H,10-11H2,(H,19,20)(H,21,22)/t15-,16-/m0/s1. The molecule has 0 saturated heterocycles. The van der Waals surface area contributed by atoms with Gasteiger partial charge in [0.2, 0.25) is 5.91 Å². The lowest BCUT2D eigenvalue weighted by molar-refractivity contribution is -0.122. The van der Waals surface area contributed by atoms with E-state index in [1.54, 1.807) is 18.2 Å². The summed E-state index contributed by atoms with van der Waals surface area (Å²) in [4.78, 5) is 23.1. The van der Waals surface area contributed by atoms with E-state index in [9.17, 15) is 9.59 Å². The lowest BCUT2D eigenvalue weighted by atomic mass is 10.1. The van der Waals surface area contributed by atoms with Gasteiger partial charge in [-0.15, -0.1) is 0 Å². The molecule has 3 rings (SSSR count). The molecule has 0 aromatic heterocycles. The zero-order valence-electron chi connectivity index (χ0n) is 12.0. The van der Waals surface area contributed by atoms with Crippen LogP contribution in [0.3, 0.4) is 0 Å². The van der Waals surface area contributed by atoms with Crippen molar-refractivity contribution in [2.75, 3.05) is 0 Å². The van der Waals surface area contributed by atoms with Crippen LogP contribution in [0.15, 0.2) is 54.6 Å². The molecule has 0 spiro atoms. The average molecular weight is 295 g/mol. The number of carboxylic acids is 1. The Morgan fingerprint density at radius 1 is 1.09 bits per heavy atom. The zero-order chi connectivity index (χ0) is 15.5. The molecule has 22 heavy (non-hydrogen) atoms. The second kappa shape index (κ2) is 6.02. The van der Waals surface area contributed by atoms with Crippen LogP contribution in [0, 0.1) is 5.92 Å². The van der Waals surface area contributed by atoms with Crippen molar-refractivity contribution < 1.29 is 14.7 Å². The highest BCUT2D eigenvalue weighted by atomic mass is 16.4. The largest absolute Gasteiger partial charge is 0.478 e. The molecule has 2 N–H and O–H groups in total. The molecule has 1 aliphatic carbocycles. The van der Waals surface area contributed by atoms with E-state index in [0.717, 1.165) is 12.0 Å². The van der Waals surface area contributed by atoms with E-state index in [1.807, 2.05) is 36.4 Å². The van der Waals surface area contributed by atoms with Crippen molar-refractivity contribution in [1.29, 1.82) is 0 Å². The van der Waals surface area contributed by atoms with Gasteiger partial charge in [-0.05, 0) is 35.6 Å². The van der Waals surface area contributed by atoms with Crippen LogP contribution in [0.1, 0.15) is 33.8 Å². The number of rotatable bonds is 5. The van der Waals surface area contributed by atoms with Crippen LogP contribution in [-0.4, -0.2) is 17.0 Å². The summed E-state index contributed by atoms with van der Waals surface area (Å²) in [6, 6.07) is 16.7. The SMILES string of the molecule is O=C(O)c1cccc(CNC(=O)[C@H]2C[C@H]2c2ccccc2)c1. The van der Waals surface area contributed by atoms with Gasteiger partial charge in [-0.3, -0.25) is 4.79 Å². The summed E-state index contributed by atoms with van der Waals surface area (Å²) in [5.41, 5.74) is 2.24. The third-order valence-electron chi connectivity index (χ3n) is 4.00. The Balaban J connectivity index is 1.56. The summed E-state index contributed by atoms with van der Waals surface area (Å²) in [5, 5.41) is 11.9. The molecule has 2 aromatic carbocycles. The number of hydrogen-bond acceptors (Lipinski definition) is 2. The molecule has 0 heterocycles. The van der Waals surface area contributed by atoms with Gasteiger partial charge in [-0.2, -0.15) is 0 Å². The molecule has 2 atom stereocenters. The first kappa shape index (κ1) is 14.3. The van der Waals surface area contributed by atoms with E-state index < -0.39 is 5.97 Å². The quantitative estimate of drug-likeness (QED) is 0.891. The average Bonchev–Trinajstić information content (AvgIpc) is 3.34. The van der Waals surface area contributed by atoms with Crippen LogP contribution in [0.4, 0.5) is 0 Å². The number of hydrogen-bond donors (Lipinski definition) is 2. The van der Waals surface area contributed by atoms with Gasteiger partial charge < -0.3 is 10.4 Å². The second-order valence-corrected chi connectivity index (χ2v) is 5.58. The fourth-order valence-corrected chi connectivity index (χ4v) is 2.69. The summed E-state index contributed by atoms with van der Waals surface area (Å²) in [7, 11) is 0. The summed E-state index contributed by atoms with van der Waals surface area (Å²) in [6.07, 6.45) is 0.880. The van der Waals surface area contributed by atoms with Crippen molar-refractivity contribution in [3.8, 4) is 0 Å². The highest BCUT2D eigenvalue weighted by Crippen LogP contribution is 2.47. The molecular weight excluding hydrogens is 278 g/mol. The summed E-state index contributed by atoms with van der Waals surface area (Å²) in [6.45, 7) is 0.359. The molecule has 0 radical (unpaired) electrons. The maximum Gasteiger partial charge on any atom is 0.335 e. The summed E-state index contributed by atoms with van der Waals surface area (Å²) < 4.78 is 0. The van der Waals surface area contributed by atoms with E-state index in [0.29, 0.717) is 12.5 Å². The fourth-order valence-electron chi connectivity index (χ4n) is 2.69. The Labute approximate surface area is 128 Å². The zero-order valence-corrected chi connectivity index (χ0v) is 12.0. The monoisotopic (exact) mass is 295 g/mol. The topological polar surface area (TPSA) is 66.4 Å². The van der Waals surface area contributed by atoms with Crippen molar-refractivity contribution in [2.45, 2.75) is 18.9 Å². The Morgan fingerprint density at radius 3 is 2.59 bits per heavy atom. The molecule has 0 unspecified atom stereocenters. The summed E-state index contributed by atoms with van der Waals surface area (Å²) in [5.74, 6) is -0.578. The maximum absolute atomic E-state index is 12.2. The van der Waals surface area contributed by atoms with Crippen molar-refractivity contribution in [2.24, 2.45) is 5.92 Å². The predicted molar refractivity (Wildman–Crippen MR) is 82.5 cm³/mol. The van der Waals surface area contributed by atoms with Gasteiger partial charge in [0.15, 0.2) is 0 Å². The van der Waals surface area contributed by atoms with Crippen LogP contribution in [0.2, 0.25) is 0 Å². The van der Waals surface area contributed by atoms with Crippen LogP contribution < -0.4 is 5.32 Å². The Kier molecular flexibility index (Phi) is 3.92. The Hall–Kier alpha value is -2.62. The molecule has 112 valence electrons. The highest BCUT2D eigenvalue weighted by molar-refractivity contribution is 5.87. The number of carbonyl (C=O) groups is 2. The molecule has 4 nitrogen and oxygen atoms in total. The highest BCUT2D eigenvalue weighted by Gasteiger charge is 2.43. The molecule has 0 aliphatic heterocycles. The van der Waals surface area contributed by atoms with Crippen LogP contribution >= 0.6 is 0 Å². The van der Waals surface area contributed by atoms with E-state index >= 15 is 0 Å². The number of carboxylic acid groups (broad SMARTS) is 1. The number of carbonyl (C=O) groups excluding carboxylic acids is 1. The smallest absolute Gasteiger partial charge is 0.335 e. The number of amides is 1. The normalized spacial score (nSPS) is 19.5. The Morgan fingerprint density at radius 2 is 1.86 bits per heavy atom. The minimum Gasteiger partial charge on any atom is -0.478 e. The minimum atomic E-state index is -0.959. The maximum atomic E-state index is 12.2. The predicted octanol–water partition coefficient (Wildman–Crippen LogP) is 2.80. The molecular formula is C18H17NO3. The van der Waals surface area contributed by atoms with Gasteiger partial charge >= 0.3 is 5.97 Å². The van der Waals surface area contributed by atoms with E-state index in [1.165, 1.54) is 5.56 Å². The van der Waals surface area contributed by atoms with Gasteiger partial charge in [0, 0.05) is 12.5 Å². The molecule has 4 heteroatoms. The van der Waals surface area contributed by atoms with Crippen molar-refractivity contribution in [1.82, 2.24) is 5.32 Å². The van der Waals surface area contributed by atoms with Crippen LogP contribution in [-0.2, 0) is 11.3 Å². The third kappa shape index (κ3) is 3.17. The summed E-state index contributed by atoms with van der Waals surface area (Å²) >= 11 is 0. The lowest BCUT2D eigenvalue weighted by Gasteiger charge is -2.06. The molecule has 1 fully saturated rings. The minimum absolute atomic E-state index is 0.0325. The van der Waals surface area contributed by atoms with E-state index in [4.69, 9.17) is 5.11 Å². The lowest BCUT2D eigenvalue weighted by Crippen LogP contribution is -2.25. The molecule has 0 bridgehead atoms.